The van der Waals surface area contributed by atoms with Gasteiger partial charge in [0, 0.05) is 13.1 Å². The first kappa shape index (κ1) is 28.4. The summed E-state index contributed by atoms with van der Waals surface area (Å²) in [7, 11) is -3.77. The van der Waals surface area contributed by atoms with Gasteiger partial charge >= 0.3 is 0 Å². The van der Waals surface area contributed by atoms with Crippen molar-refractivity contribution in [1.82, 2.24) is 10.2 Å². The first-order chi connectivity index (χ1) is 16.3. The summed E-state index contributed by atoms with van der Waals surface area (Å²) in [6.07, 6.45) is 1.10. The summed E-state index contributed by atoms with van der Waals surface area (Å²) < 4.78 is 26.8. The minimum Gasteiger partial charge on any atom is -0.354 e. The number of hydrogen-bond donors (Lipinski definition) is 1. The zero-order valence-corrected chi connectivity index (χ0v) is 22.7. The highest BCUT2D eigenvalue weighted by molar-refractivity contribution is 7.92. The van der Waals surface area contributed by atoms with Crippen LogP contribution < -0.4 is 9.62 Å². The van der Waals surface area contributed by atoms with Crippen molar-refractivity contribution in [2.24, 2.45) is 5.92 Å². The largest absolute Gasteiger partial charge is 0.354 e. The van der Waals surface area contributed by atoms with E-state index in [1.54, 1.807) is 19.1 Å². The molecule has 0 unspecified atom stereocenters. The SMILES string of the molecule is Cc1ccccc1CN(C(=O)CN(c1ccccc1C(C)C)S(C)(=O)=O)[C@@H](C)C(=O)NCC(C)C. The van der Waals surface area contributed by atoms with E-state index in [2.05, 4.69) is 5.32 Å². The molecule has 8 heteroatoms. The average Bonchev–Trinajstić information content (AvgIpc) is 2.79. The van der Waals surface area contributed by atoms with Crippen molar-refractivity contribution >= 4 is 27.5 Å². The molecular formula is C27H39N3O4S. The van der Waals surface area contributed by atoms with Crippen LogP contribution in [0, 0.1) is 12.8 Å². The van der Waals surface area contributed by atoms with Gasteiger partial charge in [0.1, 0.15) is 12.6 Å². The molecule has 0 bridgehead atoms. The fourth-order valence-electron chi connectivity index (χ4n) is 3.80. The van der Waals surface area contributed by atoms with Gasteiger partial charge in [0.25, 0.3) is 0 Å². The third-order valence-corrected chi connectivity index (χ3v) is 7.09. The number of carbonyl (C=O) groups excluding carboxylic acids is 2. The number of benzene rings is 2. The molecule has 0 radical (unpaired) electrons. The van der Waals surface area contributed by atoms with Crippen LogP contribution in [0.3, 0.4) is 0 Å². The number of para-hydroxylation sites is 1. The Balaban J connectivity index is 2.45. The molecule has 2 amide bonds. The second kappa shape index (κ2) is 12.2. The molecule has 192 valence electrons. The molecule has 2 rings (SSSR count). The van der Waals surface area contributed by atoms with Gasteiger partial charge in [-0.25, -0.2) is 8.42 Å². The molecular weight excluding hydrogens is 462 g/mol. The Kier molecular flexibility index (Phi) is 9.89. The van der Waals surface area contributed by atoms with Crippen LogP contribution in [0.25, 0.3) is 0 Å². The molecule has 0 aromatic heterocycles. The van der Waals surface area contributed by atoms with Crippen molar-refractivity contribution in [3.05, 3.63) is 65.2 Å². The van der Waals surface area contributed by atoms with Crippen LogP contribution in [0.5, 0.6) is 0 Å². The molecule has 0 saturated carbocycles. The molecule has 1 N–H and O–H groups in total. The maximum absolute atomic E-state index is 13.7. The zero-order chi connectivity index (χ0) is 26.3. The normalized spacial score (nSPS) is 12.5. The van der Waals surface area contributed by atoms with Gasteiger partial charge in [0.2, 0.25) is 21.8 Å². The second-order valence-electron chi connectivity index (χ2n) is 9.75. The molecule has 7 nitrogen and oxygen atoms in total. The molecule has 2 aromatic carbocycles. The van der Waals surface area contributed by atoms with Crippen molar-refractivity contribution < 1.29 is 18.0 Å². The number of rotatable bonds is 11. The molecule has 0 aliphatic carbocycles. The van der Waals surface area contributed by atoms with Crippen LogP contribution in [0.4, 0.5) is 5.69 Å². The number of amides is 2. The molecule has 0 spiro atoms. The predicted molar refractivity (Wildman–Crippen MR) is 142 cm³/mol. The lowest BCUT2D eigenvalue weighted by Crippen LogP contribution is -2.51. The van der Waals surface area contributed by atoms with E-state index >= 15 is 0 Å². The number of sulfonamides is 1. The number of carbonyl (C=O) groups is 2. The van der Waals surface area contributed by atoms with Crippen LogP contribution in [0.2, 0.25) is 0 Å². The second-order valence-corrected chi connectivity index (χ2v) is 11.7. The minimum atomic E-state index is -3.77. The van der Waals surface area contributed by atoms with Gasteiger partial charge in [0.05, 0.1) is 11.9 Å². The number of hydrogen-bond acceptors (Lipinski definition) is 4. The van der Waals surface area contributed by atoms with E-state index in [9.17, 15) is 18.0 Å². The maximum atomic E-state index is 13.7. The number of nitrogens with one attached hydrogen (secondary N) is 1. The molecule has 0 aliphatic rings. The Morgan fingerprint density at radius 3 is 2.11 bits per heavy atom. The van der Waals surface area contributed by atoms with E-state index in [1.807, 2.05) is 71.0 Å². The van der Waals surface area contributed by atoms with Gasteiger partial charge in [-0.2, -0.15) is 0 Å². The van der Waals surface area contributed by atoms with E-state index in [-0.39, 0.29) is 24.3 Å². The maximum Gasteiger partial charge on any atom is 0.244 e. The zero-order valence-electron chi connectivity index (χ0n) is 21.9. The molecule has 35 heavy (non-hydrogen) atoms. The lowest BCUT2D eigenvalue weighted by Gasteiger charge is -2.32. The molecule has 0 heterocycles. The molecule has 2 aromatic rings. The van der Waals surface area contributed by atoms with Crippen molar-refractivity contribution in [3.8, 4) is 0 Å². The summed E-state index contributed by atoms with van der Waals surface area (Å²) in [4.78, 5) is 28.1. The molecule has 1 atom stereocenters. The summed E-state index contributed by atoms with van der Waals surface area (Å²) in [6, 6.07) is 14.1. The number of anilines is 1. The number of aryl methyl sites for hydroxylation is 1. The molecule has 0 fully saturated rings. The van der Waals surface area contributed by atoms with Gasteiger partial charge in [-0.3, -0.25) is 13.9 Å². The van der Waals surface area contributed by atoms with Crippen LogP contribution in [0.15, 0.2) is 48.5 Å². The van der Waals surface area contributed by atoms with Crippen molar-refractivity contribution in [2.45, 2.75) is 60.0 Å². The first-order valence-electron chi connectivity index (χ1n) is 12.0. The smallest absolute Gasteiger partial charge is 0.244 e. The Morgan fingerprint density at radius 2 is 1.54 bits per heavy atom. The Labute approximate surface area is 210 Å². The van der Waals surface area contributed by atoms with Gasteiger partial charge in [0.15, 0.2) is 0 Å². The van der Waals surface area contributed by atoms with Gasteiger partial charge < -0.3 is 10.2 Å². The lowest BCUT2D eigenvalue weighted by molar-refractivity contribution is -0.139. The Bertz CT molecular complexity index is 1130. The van der Waals surface area contributed by atoms with Crippen molar-refractivity contribution in [3.63, 3.8) is 0 Å². The average molecular weight is 502 g/mol. The fourth-order valence-corrected chi connectivity index (χ4v) is 4.67. The summed E-state index contributed by atoms with van der Waals surface area (Å²) in [5.74, 6) is -0.382. The van der Waals surface area contributed by atoms with Gasteiger partial charge in [-0.05, 0) is 48.4 Å². The predicted octanol–water partition coefficient (Wildman–Crippen LogP) is 4.07. The van der Waals surface area contributed by atoms with E-state index in [0.717, 1.165) is 27.3 Å². The van der Waals surface area contributed by atoms with Crippen molar-refractivity contribution in [1.29, 1.82) is 0 Å². The third-order valence-electron chi connectivity index (χ3n) is 5.96. The van der Waals surface area contributed by atoms with Crippen LogP contribution in [0.1, 0.15) is 57.2 Å². The Morgan fingerprint density at radius 1 is 0.943 bits per heavy atom. The number of nitrogens with zero attached hydrogens (tertiary/aromatic N) is 2. The minimum absolute atomic E-state index is 0.0642. The standard InChI is InChI=1S/C27H39N3O4S/c1-19(2)16-28-27(32)22(6)29(17-23-13-9-8-12-21(23)5)26(31)18-30(35(7,33)34)25-15-11-10-14-24(25)20(3)4/h8-15,19-20,22H,16-18H2,1-7H3,(H,28,32)/t22-/m0/s1. The van der Waals surface area contributed by atoms with Crippen molar-refractivity contribution in [2.75, 3.05) is 23.7 Å². The summed E-state index contributed by atoms with van der Waals surface area (Å²) in [5.41, 5.74) is 3.20. The van der Waals surface area contributed by atoms with E-state index in [0.29, 0.717) is 12.2 Å². The monoisotopic (exact) mass is 501 g/mol. The highest BCUT2D eigenvalue weighted by Gasteiger charge is 2.31. The van der Waals surface area contributed by atoms with Gasteiger partial charge in [-0.15, -0.1) is 0 Å². The quantitative estimate of drug-likeness (QED) is 0.503. The molecule has 0 saturated heterocycles. The summed E-state index contributed by atoms with van der Waals surface area (Å²) in [5, 5.41) is 2.89. The summed E-state index contributed by atoms with van der Waals surface area (Å²) >= 11 is 0. The fraction of sp³-hybridized carbons (Fsp3) is 0.481. The molecule has 0 aliphatic heterocycles. The highest BCUT2D eigenvalue weighted by Crippen LogP contribution is 2.29. The van der Waals surface area contributed by atoms with Crippen LogP contribution >= 0.6 is 0 Å². The van der Waals surface area contributed by atoms with Gasteiger partial charge in [-0.1, -0.05) is 70.2 Å². The van der Waals surface area contributed by atoms with E-state index < -0.39 is 28.5 Å². The highest BCUT2D eigenvalue weighted by atomic mass is 32.2. The topological polar surface area (TPSA) is 86.8 Å². The lowest BCUT2D eigenvalue weighted by atomic mass is 10.0. The van der Waals surface area contributed by atoms with Crippen LogP contribution in [-0.2, 0) is 26.2 Å². The first-order valence-corrected chi connectivity index (χ1v) is 13.9. The van der Waals surface area contributed by atoms with Crippen LogP contribution in [-0.4, -0.2) is 50.5 Å². The van der Waals surface area contributed by atoms with E-state index in [1.165, 1.54) is 4.90 Å². The van der Waals surface area contributed by atoms with E-state index in [4.69, 9.17) is 0 Å². The Hall–Kier alpha value is -2.87. The third kappa shape index (κ3) is 7.82. The summed E-state index contributed by atoms with van der Waals surface area (Å²) in [6.45, 7) is 11.9.